The zero-order chi connectivity index (χ0) is 53.6. The first-order chi connectivity index (χ1) is 36.5. The number of unbranched alkanes of at least 4 members (excludes halogenated alkanes) is 14. The molecule has 0 aromatic carbocycles. The van der Waals surface area contributed by atoms with Gasteiger partial charge in [-0.2, -0.15) is 0 Å². The summed E-state index contributed by atoms with van der Waals surface area (Å²) in [5.74, 6) is -1.03. The lowest BCUT2D eigenvalue weighted by molar-refractivity contribution is -0.167. The molecule has 0 aliphatic carbocycles. The van der Waals surface area contributed by atoms with Crippen molar-refractivity contribution in [3.05, 3.63) is 158 Å². The molecule has 414 valence electrons. The highest BCUT2D eigenvalue weighted by atomic mass is 16.6. The quantitative estimate of drug-likeness (QED) is 0.0261. The Morgan fingerprint density at radius 1 is 0.284 bits per heavy atom. The lowest BCUT2D eigenvalue weighted by Gasteiger charge is -2.18. The van der Waals surface area contributed by atoms with Crippen molar-refractivity contribution in [2.75, 3.05) is 13.2 Å². The van der Waals surface area contributed by atoms with Gasteiger partial charge in [-0.15, -0.1) is 0 Å². The summed E-state index contributed by atoms with van der Waals surface area (Å²) in [6.45, 7) is 6.31. The Hall–Kier alpha value is -4.97. The maximum absolute atomic E-state index is 12.9. The number of allylic oxidation sites excluding steroid dienone is 26. The van der Waals surface area contributed by atoms with Gasteiger partial charge in [0.1, 0.15) is 13.2 Å². The van der Waals surface area contributed by atoms with Crippen LogP contribution in [0.2, 0.25) is 0 Å². The average Bonchev–Trinajstić information content (AvgIpc) is 3.40. The molecule has 0 saturated carbocycles. The number of ether oxygens (including phenoxy) is 3. The van der Waals surface area contributed by atoms with Crippen molar-refractivity contribution in [2.24, 2.45) is 0 Å². The van der Waals surface area contributed by atoms with E-state index in [-0.39, 0.29) is 44.0 Å². The summed E-state index contributed by atoms with van der Waals surface area (Å²) in [5.41, 5.74) is 0. The molecule has 0 rings (SSSR count). The first-order valence-electron chi connectivity index (χ1n) is 29.5. The maximum atomic E-state index is 12.9. The van der Waals surface area contributed by atoms with Crippen LogP contribution >= 0.6 is 0 Å². The Morgan fingerprint density at radius 3 is 0.865 bits per heavy atom. The highest BCUT2D eigenvalue weighted by Crippen LogP contribution is 2.12. The second kappa shape index (κ2) is 60.6. The highest BCUT2D eigenvalue weighted by Gasteiger charge is 2.19. The molecule has 0 aliphatic rings. The predicted octanol–water partition coefficient (Wildman–Crippen LogP) is 20.1. The second-order valence-electron chi connectivity index (χ2n) is 18.8. The Bertz CT molecular complexity index is 1690. The van der Waals surface area contributed by atoms with Gasteiger partial charge >= 0.3 is 17.9 Å². The number of rotatable bonds is 51. The van der Waals surface area contributed by atoms with Gasteiger partial charge in [0.25, 0.3) is 0 Å². The van der Waals surface area contributed by atoms with Crippen LogP contribution in [-0.2, 0) is 28.6 Å². The van der Waals surface area contributed by atoms with Crippen molar-refractivity contribution < 1.29 is 28.6 Å². The van der Waals surface area contributed by atoms with Crippen LogP contribution in [0, 0.1) is 0 Å². The Balaban J connectivity index is 4.59. The van der Waals surface area contributed by atoms with Crippen LogP contribution in [0.15, 0.2) is 158 Å². The number of carbonyl (C=O) groups excluding carboxylic acids is 3. The number of hydrogen-bond acceptors (Lipinski definition) is 6. The van der Waals surface area contributed by atoms with Crippen molar-refractivity contribution in [1.82, 2.24) is 0 Å². The van der Waals surface area contributed by atoms with Gasteiger partial charge < -0.3 is 14.2 Å². The van der Waals surface area contributed by atoms with Gasteiger partial charge in [0, 0.05) is 19.3 Å². The Morgan fingerprint density at radius 2 is 0.527 bits per heavy atom. The van der Waals surface area contributed by atoms with Crippen molar-refractivity contribution in [2.45, 2.75) is 239 Å². The van der Waals surface area contributed by atoms with E-state index in [1.807, 2.05) is 0 Å². The Labute approximate surface area is 454 Å². The molecule has 0 aromatic rings. The molecule has 6 heteroatoms. The lowest BCUT2D eigenvalue weighted by Crippen LogP contribution is -2.30. The molecular weight excluding hydrogens is 913 g/mol. The summed E-state index contributed by atoms with van der Waals surface area (Å²) in [4.78, 5) is 38.2. The molecule has 0 amide bonds. The molecule has 0 bridgehead atoms. The normalized spacial score (nSPS) is 13.3. The highest BCUT2D eigenvalue weighted by molar-refractivity contribution is 5.71. The molecule has 1 unspecified atom stereocenters. The fourth-order valence-corrected chi connectivity index (χ4v) is 7.38. The standard InChI is InChI=1S/C68H106O6/c1-4-7-10-13-16-19-22-25-28-30-32-34-36-38-40-43-46-49-52-55-58-61-67(70)73-64-65(63-72-66(69)60-57-54-51-48-45-42-27-24-21-18-15-12-9-6-3)74-68(71)62-59-56-53-50-47-44-41-39-37-35-33-31-29-26-23-20-17-14-11-8-5-2/h7-8,10-11,16-17,19-20,24-29,32-35,38-41,46-47,49-50,65H,4-6,9,12-15,18,21-23,30-31,36-37,42-45,48,51-64H2,1-3H3/b10-7-,11-8-,19-16-,20-17-,27-24-,28-25-,29-26-,34-32-,35-33-,40-38-,41-39-,49-46-,50-47-. The molecule has 0 aromatic heterocycles. The van der Waals surface area contributed by atoms with E-state index in [0.717, 1.165) is 135 Å². The third kappa shape index (κ3) is 57.9. The van der Waals surface area contributed by atoms with E-state index in [1.165, 1.54) is 44.9 Å². The topological polar surface area (TPSA) is 78.9 Å². The minimum atomic E-state index is -0.831. The van der Waals surface area contributed by atoms with Crippen LogP contribution in [0.4, 0.5) is 0 Å². The van der Waals surface area contributed by atoms with Gasteiger partial charge in [0.05, 0.1) is 0 Å². The minimum absolute atomic E-state index is 0.121. The third-order valence-electron chi connectivity index (χ3n) is 11.7. The number of hydrogen-bond donors (Lipinski definition) is 0. The molecule has 0 aliphatic heterocycles. The number of esters is 3. The fourth-order valence-electron chi connectivity index (χ4n) is 7.38. The van der Waals surface area contributed by atoms with E-state index in [9.17, 15) is 14.4 Å². The Kier molecular flexibility index (Phi) is 56.5. The fraction of sp³-hybridized carbons (Fsp3) is 0.574. The largest absolute Gasteiger partial charge is 0.462 e. The van der Waals surface area contributed by atoms with Gasteiger partial charge in [0.15, 0.2) is 6.10 Å². The molecule has 1 atom stereocenters. The van der Waals surface area contributed by atoms with Gasteiger partial charge in [0.2, 0.25) is 0 Å². The van der Waals surface area contributed by atoms with Crippen molar-refractivity contribution in [3.8, 4) is 0 Å². The van der Waals surface area contributed by atoms with Crippen LogP contribution < -0.4 is 0 Å². The van der Waals surface area contributed by atoms with Crippen molar-refractivity contribution in [3.63, 3.8) is 0 Å². The summed E-state index contributed by atoms with van der Waals surface area (Å²) in [6.07, 6.45) is 88.1. The molecule has 74 heavy (non-hydrogen) atoms. The predicted molar refractivity (Wildman–Crippen MR) is 320 cm³/mol. The zero-order valence-electron chi connectivity index (χ0n) is 47.3. The minimum Gasteiger partial charge on any atom is -0.462 e. The summed E-state index contributed by atoms with van der Waals surface area (Å²) >= 11 is 0. The molecule has 0 radical (unpaired) electrons. The van der Waals surface area contributed by atoms with Crippen molar-refractivity contribution in [1.29, 1.82) is 0 Å². The monoisotopic (exact) mass is 1020 g/mol. The first-order valence-corrected chi connectivity index (χ1v) is 29.5. The molecule has 0 saturated heterocycles. The van der Waals surface area contributed by atoms with Crippen LogP contribution in [0.3, 0.4) is 0 Å². The molecule has 0 heterocycles. The molecule has 0 fully saturated rings. The first kappa shape index (κ1) is 69.0. The van der Waals surface area contributed by atoms with E-state index in [4.69, 9.17) is 14.2 Å². The van der Waals surface area contributed by atoms with E-state index in [2.05, 4.69) is 179 Å². The van der Waals surface area contributed by atoms with E-state index >= 15 is 0 Å². The summed E-state index contributed by atoms with van der Waals surface area (Å²) in [7, 11) is 0. The summed E-state index contributed by atoms with van der Waals surface area (Å²) in [6, 6.07) is 0. The van der Waals surface area contributed by atoms with Crippen LogP contribution in [0.5, 0.6) is 0 Å². The summed E-state index contributed by atoms with van der Waals surface area (Å²) < 4.78 is 16.8. The smallest absolute Gasteiger partial charge is 0.306 e. The van der Waals surface area contributed by atoms with Crippen LogP contribution in [0.1, 0.15) is 233 Å². The second-order valence-corrected chi connectivity index (χ2v) is 18.8. The van der Waals surface area contributed by atoms with E-state index in [1.54, 1.807) is 0 Å². The zero-order valence-corrected chi connectivity index (χ0v) is 47.3. The van der Waals surface area contributed by atoms with E-state index in [0.29, 0.717) is 19.3 Å². The van der Waals surface area contributed by atoms with Gasteiger partial charge in [-0.3, -0.25) is 14.4 Å². The van der Waals surface area contributed by atoms with Gasteiger partial charge in [-0.1, -0.05) is 224 Å². The SMILES string of the molecule is CC/C=C\C/C=C\C/C=C\C/C=C\C/C=C\C/C=C\CCCCC(=O)OCC(COC(=O)CCCCCCC/C=C\CCCCCCC)OC(=O)CCCC/C=C\C/C=C\C/C=C\C/C=C\C/C=C\C/C=C\CC. The van der Waals surface area contributed by atoms with E-state index < -0.39 is 6.10 Å². The van der Waals surface area contributed by atoms with Crippen molar-refractivity contribution >= 4 is 17.9 Å². The average molecular weight is 1020 g/mol. The lowest BCUT2D eigenvalue weighted by atomic mass is 10.1. The molecule has 0 spiro atoms. The van der Waals surface area contributed by atoms with Gasteiger partial charge in [-0.25, -0.2) is 0 Å². The third-order valence-corrected chi connectivity index (χ3v) is 11.7. The maximum Gasteiger partial charge on any atom is 0.306 e. The van der Waals surface area contributed by atoms with Gasteiger partial charge in [-0.05, 0) is 148 Å². The van der Waals surface area contributed by atoms with Crippen LogP contribution in [-0.4, -0.2) is 37.2 Å². The van der Waals surface area contributed by atoms with Crippen LogP contribution in [0.25, 0.3) is 0 Å². The number of carbonyl (C=O) groups is 3. The summed E-state index contributed by atoms with van der Waals surface area (Å²) in [5, 5.41) is 0. The molecular formula is C68H106O6. The molecule has 6 nitrogen and oxygen atoms in total. The molecule has 0 N–H and O–H groups in total.